The van der Waals surface area contributed by atoms with Gasteiger partial charge in [0.15, 0.2) is 0 Å². The summed E-state index contributed by atoms with van der Waals surface area (Å²) in [7, 11) is 0. The number of carbonyl (C=O) groups is 1. The number of aliphatic carboxylic acids is 1. The second-order valence-corrected chi connectivity index (χ2v) is 5.66. The van der Waals surface area contributed by atoms with Crippen LogP contribution in [0, 0.1) is 5.92 Å². The molecule has 92 valence electrons. The van der Waals surface area contributed by atoms with Gasteiger partial charge in [0.1, 0.15) is 0 Å². The highest BCUT2D eigenvalue weighted by atomic mass is 79.9. The zero-order valence-electron chi connectivity index (χ0n) is 9.73. The molecule has 1 aromatic carbocycles. The second-order valence-electron chi connectivity index (χ2n) is 4.74. The molecule has 0 amide bonds. The molecule has 0 aliphatic heterocycles. The Morgan fingerprint density at radius 2 is 1.76 bits per heavy atom. The van der Waals surface area contributed by atoms with Gasteiger partial charge < -0.3 is 5.11 Å². The minimum Gasteiger partial charge on any atom is -0.481 e. The van der Waals surface area contributed by atoms with E-state index in [1.165, 1.54) is 5.56 Å². The smallest absolute Gasteiger partial charge is 0.307 e. The van der Waals surface area contributed by atoms with Crippen LogP contribution < -0.4 is 0 Å². The van der Waals surface area contributed by atoms with Gasteiger partial charge in [-0.05, 0) is 36.5 Å². The summed E-state index contributed by atoms with van der Waals surface area (Å²) in [6.07, 6.45) is 5.17. The number of halogens is 1. The van der Waals surface area contributed by atoms with Crippen molar-refractivity contribution in [1.82, 2.24) is 0 Å². The van der Waals surface area contributed by atoms with Gasteiger partial charge in [0.2, 0.25) is 0 Å². The van der Waals surface area contributed by atoms with Gasteiger partial charge in [-0.25, -0.2) is 0 Å². The molecule has 0 bridgehead atoms. The third-order valence-corrected chi connectivity index (χ3v) is 4.16. The van der Waals surface area contributed by atoms with Gasteiger partial charge in [0.05, 0.1) is 5.92 Å². The van der Waals surface area contributed by atoms with E-state index in [9.17, 15) is 9.90 Å². The van der Waals surface area contributed by atoms with Crippen molar-refractivity contribution >= 4 is 21.9 Å². The van der Waals surface area contributed by atoms with Crippen LogP contribution in [-0.4, -0.2) is 11.1 Å². The van der Waals surface area contributed by atoms with Crippen molar-refractivity contribution in [2.75, 3.05) is 0 Å². The van der Waals surface area contributed by atoms with Crippen LogP contribution in [0.2, 0.25) is 0 Å². The maximum absolute atomic E-state index is 11.3. The van der Waals surface area contributed by atoms with Crippen LogP contribution in [0.5, 0.6) is 0 Å². The lowest BCUT2D eigenvalue weighted by Crippen LogP contribution is -2.21. The molecule has 17 heavy (non-hydrogen) atoms. The van der Waals surface area contributed by atoms with Crippen molar-refractivity contribution in [2.24, 2.45) is 5.92 Å². The summed E-state index contributed by atoms with van der Waals surface area (Å²) in [6.45, 7) is 0. The van der Waals surface area contributed by atoms with Gasteiger partial charge >= 0.3 is 5.97 Å². The molecular formula is C14H17BrO2. The number of rotatable bonds is 2. The fourth-order valence-corrected chi connectivity index (χ4v) is 2.98. The van der Waals surface area contributed by atoms with Crippen molar-refractivity contribution in [3.63, 3.8) is 0 Å². The van der Waals surface area contributed by atoms with E-state index in [0.717, 1.165) is 36.6 Å². The third-order valence-electron chi connectivity index (χ3n) is 3.63. The molecule has 2 unspecified atom stereocenters. The Hall–Kier alpha value is -0.830. The van der Waals surface area contributed by atoms with Gasteiger partial charge in [-0.2, -0.15) is 0 Å². The van der Waals surface area contributed by atoms with E-state index >= 15 is 0 Å². The van der Waals surface area contributed by atoms with E-state index in [2.05, 4.69) is 28.1 Å². The first-order chi connectivity index (χ1) is 8.18. The first-order valence-corrected chi connectivity index (χ1v) is 6.96. The average molecular weight is 297 g/mol. The second kappa shape index (κ2) is 5.67. The molecule has 1 fully saturated rings. The lowest BCUT2D eigenvalue weighted by molar-refractivity contribution is -0.142. The summed E-state index contributed by atoms with van der Waals surface area (Å²) in [6, 6.07) is 8.10. The molecule has 0 saturated heterocycles. The number of carboxylic acids is 1. The zero-order chi connectivity index (χ0) is 12.3. The Morgan fingerprint density at radius 3 is 2.41 bits per heavy atom. The maximum atomic E-state index is 11.3. The SMILES string of the molecule is O=C(O)C1CCCCCC1c1ccc(Br)cc1. The molecule has 2 rings (SSSR count). The van der Waals surface area contributed by atoms with Crippen molar-refractivity contribution in [2.45, 2.75) is 38.0 Å². The monoisotopic (exact) mass is 296 g/mol. The van der Waals surface area contributed by atoms with E-state index in [-0.39, 0.29) is 11.8 Å². The molecule has 0 radical (unpaired) electrons. The van der Waals surface area contributed by atoms with Gasteiger partial charge in [-0.15, -0.1) is 0 Å². The summed E-state index contributed by atoms with van der Waals surface area (Å²) < 4.78 is 1.04. The van der Waals surface area contributed by atoms with Crippen molar-refractivity contribution in [3.05, 3.63) is 34.3 Å². The van der Waals surface area contributed by atoms with E-state index in [0.29, 0.717) is 0 Å². The first-order valence-electron chi connectivity index (χ1n) is 6.17. The largest absolute Gasteiger partial charge is 0.481 e. The fourth-order valence-electron chi connectivity index (χ4n) is 2.71. The molecule has 1 aliphatic rings. The average Bonchev–Trinajstić information content (AvgIpc) is 2.55. The molecule has 1 N–H and O–H groups in total. The van der Waals surface area contributed by atoms with Crippen LogP contribution in [0.25, 0.3) is 0 Å². The zero-order valence-corrected chi connectivity index (χ0v) is 11.3. The summed E-state index contributed by atoms with van der Waals surface area (Å²) in [5.74, 6) is -0.665. The highest BCUT2D eigenvalue weighted by Gasteiger charge is 2.30. The molecule has 3 heteroatoms. The molecule has 0 heterocycles. The fraction of sp³-hybridized carbons (Fsp3) is 0.500. The lowest BCUT2D eigenvalue weighted by atomic mass is 9.82. The number of benzene rings is 1. The van der Waals surface area contributed by atoms with Crippen LogP contribution in [0.3, 0.4) is 0 Å². The van der Waals surface area contributed by atoms with Gasteiger partial charge in [-0.1, -0.05) is 47.3 Å². The third kappa shape index (κ3) is 3.09. The number of hydrogen-bond acceptors (Lipinski definition) is 1. The molecular weight excluding hydrogens is 280 g/mol. The van der Waals surface area contributed by atoms with E-state index in [1.807, 2.05) is 12.1 Å². The Labute approximate surface area is 110 Å². The minimum absolute atomic E-state index is 0.183. The normalized spacial score (nSPS) is 25.2. The molecule has 2 nitrogen and oxygen atoms in total. The van der Waals surface area contributed by atoms with Crippen LogP contribution in [0.4, 0.5) is 0 Å². The highest BCUT2D eigenvalue weighted by molar-refractivity contribution is 9.10. The van der Waals surface area contributed by atoms with Crippen LogP contribution in [0.1, 0.15) is 43.6 Å². The summed E-state index contributed by atoms with van der Waals surface area (Å²) in [4.78, 5) is 11.3. The molecule has 1 aliphatic carbocycles. The van der Waals surface area contributed by atoms with Crippen LogP contribution in [-0.2, 0) is 4.79 Å². The highest BCUT2D eigenvalue weighted by Crippen LogP contribution is 2.37. The molecule has 1 saturated carbocycles. The van der Waals surface area contributed by atoms with Crippen LogP contribution >= 0.6 is 15.9 Å². The Bertz CT molecular complexity index is 386. The van der Waals surface area contributed by atoms with Crippen LogP contribution in [0.15, 0.2) is 28.7 Å². The van der Waals surface area contributed by atoms with Crippen molar-refractivity contribution in [3.8, 4) is 0 Å². The quantitative estimate of drug-likeness (QED) is 0.831. The maximum Gasteiger partial charge on any atom is 0.307 e. The van der Waals surface area contributed by atoms with E-state index in [4.69, 9.17) is 0 Å². The van der Waals surface area contributed by atoms with Crippen molar-refractivity contribution < 1.29 is 9.90 Å². The standard InChI is InChI=1S/C14H17BrO2/c15-11-8-6-10(7-9-11)12-4-2-1-3-5-13(12)14(16)17/h6-9,12-13H,1-5H2,(H,16,17). The Balaban J connectivity index is 2.25. The summed E-state index contributed by atoms with van der Waals surface area (Å²) in [5.41, 5.74) is 1.17. The van der Waals surface area contributed by atoms with Gasteiger partial charge in [0.25, 0.3) is 0 Å². The lowest BCUT2D eigenvalue weighted by Gasteiger charge is -2.22. The summed E-state index contributed by atoms with van der Waals surface area (Å²) in [5, 5.41) is 9.34. The molecule has 2 atom stereocenters. The number of hydrogen-bond donors (Lipinski definition) is 1. The molecule has 1 aromatic rings. The predicted molar refractivity (Wildman–Crippen MR) is 71.1 cm³/mol. The molecule has 0 spiro atoms. The van der Waals surface area contributed by atoms with E-state index in [1.54, 1.807) is 0 Å². The predicted octanol–water partition coefficient (Wildman–Crippen LogP) is 4.20. The number of carboxylic acid groups (broad SMARTS) is 1. The van der Waals surface area contributed by atoms with Gasteiger partial charge in [-0.3, -0.25) is 4.79 Å². The first kappa shape index (κ1) is 12.6. The van der Waals surface area contributed by atoms with Gasteiger partial charge in [0, 0.05) is 4.47 Å². The topological polar surface area (TPSA) is 37.3 Å². The summed E-state index contributed by atoms with van der Waals surface area (Å²) >= 11 is 3.41. The Morgan fingerprint density at radius 1 is 1.12 bits per heavy atom. The minimum atomic E-state index is -0.639. The van der Waals surface area contributed by atoms with E-state index < -0.39 is 5.97 Å². The van der Waals surface area contributed by atoms with Crippen molar-refractivity contribution in [1.29, 1.82) is 0 Å². The Kier molecular flexibility index (Phi) is 4.21. The molecule has 0 aromatic heterocycles.